The SMILES string of the molecule is C=C/C=C\C(=C/C)N1C(=O)/C(=C/c2ccc(OCC(=O)OCC)c(CC=C)c2)C(=O)N=C1SCC(=O)NC(c1ccccc1)c1ccccc1. The van der Waals surface area contributed by atoms with Crippen LogP contribution in [0.5, 0.6) is 5.75 Å². The van der Waals surface area contributed by atoms with Crippen molar-refractivity contribution in [3.05, 3.63) is 156 Å². The first-order valence-corrected chi connectivity index (χ1v) is 17.0. The minimum absolute atomic E-state index is 0.0696. The third-order valence-corrected chi connectivity index (χ3v) is 8.26. The first-order valence-electron chi connectivity index (χ1n) is 16.0. The number of amidine groups is 1. The Morgan fingerprint density at radius 2 is 1.68 bits per heavy atom. The Balaban J connectivity index is 1.61. The molecule has 0 saturated heterocycles. The molecule has 0 bridgehead atoms. The molecular weight excluding hydrogens is 651 g/mol. The predicted molar refractivity (Wildman–Crippen MR) is 198 cm³/mol. The summed E-state index contributed by atoms with van der Waals surface area (Å²) in [6.45, 7) is 11.0. The molecule has 0 radical (unpaired) electrons. The number of nitrogens with one attached hydrogen (secondary N) is 1. The van der Waals surface area contributed by atoms with Crippen molar-refractivity contribution in [3.8, 4) is 5.75 Å². The number of hydrogen-bond acceptors (Lipinski definition) is 7. The number of benzene rings is 3. The van der Waals surface area contributed by atoms with E-state index < -0.39 is 23.8 Å². The van der Waals surface area contributed by atoms with Gasteiger partial charge in [-0.3, -0.25) is 19.3 Å². The number of nitrogens with zero attached hydrogens (tertiary/aromatic N) is 2. The van der Waals surface area contributed by atoms with Gasteiger partial charge in [-0.25, -0.2) is 4.79 Å². The van der Waals surface area contributed by atoms with Crippen LogP contribution >= 0.6 is 11.8 Å². The highest BCUT2D eigenvalue weighted by Gasteiger charge is 2.35. The summed E-state index contributed by atoms with van der Waals surface area (Å²) in [6, 6.07) is 23.9. The van der Waals surface area contributed by atoms with Gasteiger partial charge in [0.2, 0.25) is 5.91 Å². The van der Waals surface area contributed by atoms with Gasteiger partial charge in [0.15, 0.2) is 11.8 Å². The highest BCUT2D eigenvalue weighted by atomic mass is 32.2. The maximum atomic E-state index is 14.1. The van der Waals surface area contributed by atoms with E-state index in [9.17, 15) is 19.2 Å². The van der Waals surface area contributed by atoms with Crippen LogP contribution in [-0.4, -0.2) is 52.7 Å². The summed E-state index contributed by atoms with van der Waals surface area (Å²) in [5.41, 5.74) is 3.35. The van der Waals surface area contributed by atoms with E-state index in [4.69, 9.17) is 9.47 Å². The fourth-order valence-corrected chi connectivity index (χ4v) is 5.85. The molecule has 256 valence electrons. The van der Waals surface area contributed by atoms with Crippen molar-refractivity contribution >= 4 is 46.7 Å². The highest BCUT2D eigenvalue weighted by molar-refractivity contribution is 8.14. The third kappa shape index (κ3) is 9.90. The number of carbonyl (C=O) groups is 4. The minimum Gasteiger partial charge on any atom is -0.482 e. The van der Waals surface area contributed by atoms with Crippen molar-refractivity contribution in [2.45, 2.75) is 26.3 Å². The largest absolute Gasteiger partial charge is 0.482 e. The Morgan fingerprint density at radius 3 is 2.28 bits per heavy atom. The molecule has 1 aliphatic heterocycles. The van der Waals surface area contributed by atoms with Gasteiger partial charge in [0.05, 0.1) is 18.4 Å². The Morgan fingerprint density at radius 1 is 1.00 bits per heavy atom. The van der Waals surface area contributed by atoms with Crippen molar-refractivity contribution in [3.63, 3.8) is 0 Å². The van der Waals surface area contributed by atoms with Crippen molar-refractivity contribution in [1.82, 2.24) is 10.2 Å². The van der Waals surface area contributed by atoms with Gasteiger partial charge in [-0.05, 0) is 66.8 Å². The second-order valence-corrected chi connectivity index (χ2v) is 11.7. The summed E-state index contributed by atoms with van der Waals surface area (Å²) in [6.07, 6.45) is 10.2. The van der Waals surface area contributed by atoms with Gasteiger partial charge in [0.25, 0.3) is 11.8 Å². The molecule has 50 heavy (non-hydrogen) atoms. The summed E-state index contributed by atoms with van der Waals surface area (Å²) in [5.74, 6) is -1.80. The van der Waals surface area contributed by atoms with Crippen LogP contribution < -0.4 is 10.1 Å². The molecule has 1 heterocycles. The van der Waals surface area contributed by atoms with Gasteiger partial charge in [-0.15, -0.1) is 6.58 Å². The summed E-state index contributed by atoms with van der Waals surface area (Å²) >= 11 is 0.990. The molecule has 0 atom stereocenters. The fraction of sp³-hybridized carbons (Fsp3) is 0.175. The normalized spacial score (nSPS) is 14.1. The molecule has 0 fully saturated rings. The maximum Gasteiger partial charge on any atom is 0.344 e. The molecule has 1 N–H and O–H groups in total. The van der Waals surface area contributed by atoms with E-state index in [1.165, 1.54) is 11.0 Å². The molecule has 0 aromatic heterocycles. The smallest absolute Gasteiger partial charge is 0.344 e. The number of hydrogen-bond donors (Lipinski definition) is 1. The number of rotatable bonds is 15. The average molecular weight is 690 g/mol. The lowest BCUT2D eigenvalue weighted by atomic mass is 9.99. The molecule has 0 unspecified atom stereocenters. The second kappa shape index (κ2) is 18.7. The summed E-state index contributed by atoms with van der Waals surface area (Å²) in [7, 11) is 0. The number of allylic oxidation sites excluding steroid dienone is 5. The molecule has 0 spiro atoms. The van der Waals surface area contributed by atoms with Crippen molar-refractivity contribution in [1.29, 1.82) is 0 Å². The van der Waals surface area contributed by atoms with Crippen LogP contribution in [0.25, 0.3) is 6.08 Å². The van der Waals surface area contributed by atoms with E-state index in [2.05, 4.69) is 23.5 Å². The van der Waals surface area contributed by atoms with Crippen LogP contribution in [0.1, 0.15) is 42.1 Å². The molecule has 10 heteroatoms. The van der Waals surface area contributed by atoms with E-state index in [0.29, 0.717) is 29.0 Å². The number of aliphatic imine (C=N–C) groups is 1. The van der Waals surface area contributed by atoms with Gasteiger partial charge < -0.3 is 14.8 Å². The van der Waals surface area contributed by atoms with Gasteiger partial charge in [0.1, 0.15) is 11.3 Å². The van der Waals surface area contributed by atoms with E-state index in [1.807, 2.05) is 60.7 Å². The van der Waals surface area contributed by atoms with Crippen LogP contribution in [0.2, 0.25) is 0 Å². The second-order valence-electron chi connectivity index (χ2n) is 10.8. The monoisotopic (exact) mass is 689 g/mol. The Bertz CT molecular complexity index is 1810. The molecule has 3 amide bonds. The van der Waals surface area contributed by atoms with Crippen LogP contribution in [0.3, 0.4) is 0 Å². The zero-order valence-corrected chi connectivity index (χ0v) is 28.9. The molecule has 9 nitrogen and oxygen atoms in total. The Hall–Kier alpha value is -5.74. The van der Waals surface area contributed by atoms with E-state index in [-0.39, 0.29) is 35.6 Å². The standard InChI is InChI=1S/C40H39N3O6S/c1-5-9-21-32(7-3)43-39(47)33(25-28-22-23-34(31(24-28)16-6-2)49-26-36(45)48-8-4)38(46)42-40(43)50-27-35(44)41-37(29-17-12-10-13-18-29)30-19-14-11-15-20-30/h5-7,9-15,17-25,37H,1-2,8,16,26-27H2,3-4H3,(H,41,44)/b21-9-,32-7+,33-25+. The number of carbonyl (C=O) groups excluding carboxylic acids is 4. The van der Waals surface area contributed by atoms with E-state index >= 15 is 0 Å². The molecule has 1 aliphatic rings. The molecule has 3 aromatic rings. The first kappa shape index (κ1) is 37.1. The van der Waals surface area contributed by atoms with Gasteiger partial charge in [-0.2, -0.15) is 4.99 Å². The van der Waals surface area contributed by atoms with Crippen LogP contribution in [0, 0.1) is 0 Å². The molecule has 4 rings (SSSR count). The molecular formula is C40H39N3O6S. The van der Waals surface area contributed by atoms with Crippen LogP contribution in [0.15, 0.2) is 139 Å². The molecule has 0 saturated carbocycles. The number of amides is 3. The van der Waals surface area contributed by atoms with Crippen LogP contribution in [-0.2, 0) is 30.3 Å². The number of esters is 1. The quantitative estimate of drug-likeness (QED) is 0.0618. The minimum atomic E-state index is -0.739. The van der Waals surface area contributed by atoms with Crippen LogP contribution in [0.4, 0.5) is 0 Å². The van der Waals surface area contributed by atoms with Crippen molar-refractivity contribution in [2.24, 2.45) is 4.99 Å². The number of thioether (sulfide) groups is 1. The van der Waals surface area contributed by atoms with Gasteiger partial charge in [-0.1, -0.05) is 109 Å². The van der Waals surface area contributed by atoms with E-state index in [0.717, 1.165) is 22.9 Å². The zero-order valence-electron chi connectivity index (χ0n) is 28.0. The zero-order chi connectivity index (χ0) is 35.9. The molecule has 3 aromatic carbocycles. The lowest BCUT2D eigenvalue weighted by molar-refractivity contribution is -0.145. The Kier molecular flexibility index (Phi) is 13.9. The predicted octanol–water partition coefficient (Wildman–Crippen LogP) is 6.75. The first-order chi connectivity index (χ1) is 24.3. The fourth-order valence-electron chi connectivity index (χ4n) is 5.04. The van der Waals surface area contributed by atoms with Gasteiger partial charge in [0, 0.05) is 5.70 Å². The van der Waals surface area contributed by atoms with Crippen molar-refractivity contribution in [2.75, 3.05) is 19.0 Å². The summed E-state index contributed by atoms with van der Waals surface area (Å²) in [4.78, 5) is 58.3. The average Bonchev–Trinajstić information content (AvgIpc) is 3.13. The van der Waals surface area contributed by atoms with E-state index in [1.54, 1.807) is 62.4 Å². The lowest BCUT2D eigenvalue weighted by Gasteiger charge is -2.28. The number of ether oxygens (including phenoxy) is 2. The highest BCUT2D eigenvalue weighted by Crippen LogP contribution is 2.29. The maximum absolute atomic E-state index is 14.1. The van der Waals surface area contributed by atoms with Crippen molar-refractivity contribution < 1.29 is 28.7 Å². The van der Waals surface area contributed by atoms with Gasteiger partial charge >= 0.3 is 5.97 Å². The summed E-state index contributed by atoms with van der Waals surface area (Å²) in [5, 5.41) is 3.16. The lowest BCUT2D eigenvalue weighted by Crippen LogP contribution is -2.42. The third-order valence-electron chi connectivity index (χ3n) is 7.32. The summed E-state index contributed by atoms with van der Waals surface area (Å²) < 4.78 is 10.6. The topological polar surface area (TPSA) is 114 Å². The Labute approximate surface area is 296 Å². The molecule has 0 aliphatic carbocycles.